The zero-order chi connectivity index (χ0) is 20.9. The van der Waals surface area contributed by atoms with Crippen molar-refractivity contribution in [2.24, 2.45) is 0 Å². The van der Waals surface area contributed by atoms with Gasteiger partial charge < -0.3 is 15.5 Å². The van der Waals surface area contributed by atoms with E-state index in [2.05, 4.69) is 20.9 Å². The lowest BCUT2D eigenvalue weighted by Crippen LogP contribution is -2.44. The zero-order valence-electron chi connectivity index (χ0n) is 16.4. The van der Waals surface area contributed by atoms with Crippen molar-refractivity contribution >= 4 is 29.3 Å². The number of amides is 1. The number of aromatic nitrogens is 3. The van der Waals surface area contributed by atoms with Crippen LogP contribution in [0.4, 0.5) is 0 Å². The molecule has 1 aliphatic rings. The number of nitrogens with zero attached hydrogens (tertiary/aromatic N) is 3. The van der Waals surface area contributed by atoms with E-state index < -0.39 is 5.25 Å². The van der Waals surface area contributed by atoms with Gasteiger partial charge in [0.1, 0.15) is 5.25 Å². The number of halogens is 1. The average Bonchev–Trinajstić information content (AvgIpc) is 3.20. The fourth-order valence-electron chi connectivity index (χ4n) is 3.28. The SMILES string of the molecule is COCCCNC(=O)C1Sc2nnc(-c3ccccc3)n2NC1c1ccc(Cl)cc1. The number of thioether (sulfide) groups is 1. The summed E-state index contributed by atoms with van der Waals surface area (Å²) in [6, 6.07) is 17.1. The number of hydrogen-bond acceptors (Lipinski definition) is 6. The van der Waals surface area contributed by atoms with Crippen molar-refractivity contribution in [3.8, 4) is 11.4 Å². The molecule has 0 spiro atoms. The average molecular weight is 444 g/mol. The van der Waals surface area contributed by atoms with Gasteiger partial charge in [0.05, 0.1) is 6.04 Å². The molecule has 156 valence electrons. The van der Waals surface area contributed by atoms with Crippen LogP contribution < -0.4 is 10.7 Å². The molecule has 0 fully saturated rings. The molecule has 0 radical (unpaired) electrons. The van der Waals surface area contributed by atoms with E-state index in [1.807, 2.05) is 59.3 Å². The van der Waals surface area contributed by atoms with E-state index in [1.54, 1.807) is 7.11 Å². The van der Waals surface area contributed by atoms with Crippen molar-refractivity contribution in [2.75, 3.05) is 25.7 Å². The molecule has 9 heteroatoms. The quantitative estimate of drug-likeness (QED) is 0.544. The van der Waals surface area contributed by atoms with Gasteiger partial charge in [-0.3, -0.25) is 4.79 Å². The minimum absolute atomic E-state index is 0.0564. The predicted molar refractivity (Wildman–Crippen MR) is 118 cm³/mol. The molecule has 1 aromatic heterocycles. The van der Waals surface area contributed by atoms with Gasteiger partial charge in [-0.15, -0.1) is 10.2 Å². The normalized spacial score (nSPS) is 17.8. The number of fused-ring (bicyclic) bond motifs is 1. The molecule has 2 N–H and O–H groups in total. The Labute approximate surface area is 184 Å². The molecule has 7 nitrogen and oxygen atoms in total. The van der Waals surface area contributed by atoms with Gasteiger partial charge in [-0.1, -0.05) is 65.8 Å². The molecule has 2 aromatic carbocycles. The Morgan fingerprint density at radius 2 is 1.97 bits per heavy atom. The molecule has 2 unspecified atom stereocenters. The fourth-order valence-corrected chi connectivity index (χ4v) is 4.51. The molecule has 0 bridgehead atoms. The minimum atomic E-state index is -0.408. The Bertz CT molecular complexity index is 996. The molecule has 30 heavy (non-hydrogen) atoms. The van der Waals surface area contributed by atoms with Crippen LogP contribution in [0.5, 0.6) is 0 Å². The van der Waals surface area contributed by atoms with Crippen LogP contribution in [0.3, 0.4) is 0 Å². The van der Waals surface area contributed by atoms with E-state index >= 15 is 0 Å². The second-order valence-corrected chi connectivity index (χ2v) is 8.39. The maximum atomic E-state index is 13.0. The van der Waals surface area contributed by atoms with Crippen LogP contribution >= 0.6 is 23.4 Å². The Hall–Kier alpha value is -2.55. The minimum Gasteiger partial charge on any atom is -0.385 e. The lowest BCUT2D eigenvalue weighted by molar-refractivity contribution is -0.121. The van der Waals surface area contributed by atoms with Crippen LogP contribution in [0.1, 0.15) is 18.0 Å². The number of carbonyl (C=O) groups excluding carboxylic acids is 1. The molecular formula is C21H22ClN5O2S. The molecule has 1 aliphatic heterocycles. The van der Waals surface area contributed by atoms with Crippen molar-refractivity contribution in [1.29, 1.82) is 0 Å². The summed E-state index contributed by atoms with van der Waals surface area (Å²) >= 11 is 7.48. The highest BCUT2D eigenvalue weighted by Gasteiger charge is 2.37. The van der Waals surface area contributed by atoms with Gasteiger partial charge in [0.25, 0.3) is 0 Å². The Kier molecular flexibility index (Phi) is 6.56. The van der Waals surface area contributed by atoms with Crippen LogP contribution in [-0.2, 0) is 9.53 Å². The molecule has 3 aromatic rings. The molecule has 4 rings (SSSR count). The number of benzene rings is 2. The van der Waals surface area contributed by atoms with E-state index in [4.69, 9.17) is 16.3 Å². The van der Waals surface area contributed by atoms with E-state index in [-0.39, 0.29) is 11.9 Å². The smallest absolute Gasteiger partial charge is 0.236 e. The Morgan fingerprint density at radius 1 is 1.20 bits per heavy atom. The third kappa shape index (κ3) is 4.45. The topological polar surface area (TPSA) is 81.1 Å². The summed E-state index contributed by atoms with van der Waals surface area (Å²) in [5.74, 6) is 0.648. The summed E-state index contributed by atoms with van der Waals surface area (Å²) in [6.45, 7) is 1.16. The summed E-state index contributed by atoms with van der Waals surface area (Å²) in [7, 11) is 1.65. The third-order valence-electron chi connectivity index (χ3n) is 4.78. The first-order chi connectivity index (χ1) is 14.7. The number of methoxy groups -OCH3 is 1. The van der Waals surface area contributed by atoms with Gasteiger partial charge >= 0.3 is 0 Å². The van der Waals surface area contributed by atoms with Crippen molar-refractivity contribution in [3.05, 3.63) is 65.2 Å². The molecule has 1 amide bonds. The molecule has 2 atom stereocenters. The van der Waals surface area contributed by atoms with Gasteiger partial charge in [-0.25, -0.2) is 4.68 Å². The van der Waals surface area contributed by atoms with E-state index in [0.717, 1.165) is 17.5 Å². The second kappa shape index (κ2) is 9.51. The molecule has 2 heterocycles. The van der Waals surface area contributed by atoms with Gasteiger partial charge in [0, 0.05) is 30.8 Å². The van der Waals surface area contributed by atoms with Crippen LogP contribution in [0.25, 0.3) is 11.4 Å². The Morgan fingerprint density at radius 3 is 2.70 bits per heavy atom. The van der Waals surface area contributed by atoms with E-state index in [9.17, 15) is 4.79 Å². The number of carbonyl (C=O) groups is 1. The van der Waals surface area contributed by atoms with E-state index in [1.165, 1.54) is 11.8 Å². The third-order valence-corrected chi connectivity index (χ3v) is 6.25. The number of rotatable bonds is 7. The van der Waals surface area contributed by atoms with Gasteiger partial charge in [0.2, 0.25) is 11.1 Å². The summed E-state index contributed by atoms with van der Waals surface area (Å²) in [6.07, 6.45) is 0.757. The van der Waals surface area contributed by atoms with Gasteiger partial charge in [-0.2, -0.15) is 0 Å². The lowest BCUT2D eigenvalue weighted by Gasteiger charge is -2.33. The highest BCUT2D eigenvalue weighted by Crippen LogP contribution is 2.38. The van der Waals surface area contributed by atoms with Crippen LogP contribution in [0, 0.1) is 0 Å². The second-order valence-electron chi connectivity index (χ2n) is 6.84. The molecule has 0 saturated carbocycles. The summed E-state index contributed by atoms with van der Waals surface area (Å²) in [5, 5.41) is 12.6. The molecule has 0 saturated heterocycles. The number of nitrogens with one attached hydrogen (secondary N) is 2. The highest BCUT2D eigenvalue weighted by molar-refractivity contribution is 8.00. The van der Waals surface area contributed by atoms with Crippen molar-refractivity contribution in [1.82, 2.24) is 20.2 Å². The summed E-state index contributed by atoms with van der Waals surface area (Å²) in [5.41, 5.74) is 5.36. The lowest BCUT2D eigenvalue weighted by atomic mass is 10.0. The van der Waals surface area contributed by atoms with Crippen LogP contribution in [0.2, 0.25) is 5.02 Å². The first-order valence-electron chi connectivity index (χ1n) is 9.63. The van der Waals surface area contributed by atoms with Gasteiger partial charge in [-0.05, 0) is 24.1 Å². The highest BCUT2D eigenvalue weighted by atomic mass is 35.5. The standard InChI is InChI=1S/C21H22ClN5O2S/c1-29-13-5-12-23-20(28)18-17(14-8-10-16(22)11-9-14)26-27-19(24-25-21(27)30-18)15-6-3-2-4-7-15/h2-4,6-11,17-18,26H,5,12-13H2,1H3,(H,23,28). The zero-order valence-corrected chi connectivity index (χ0v) is 18.0. The monoisotopic (exact) mass is 443 g/mol. The fraction of sp³-hybridized carbons (Fsp3) is 0.286. The van der Waals surface area contributed by atoms with Crippen molar-refractivity contribution in [2.45, 2.75) is 22.9 Å². The maximum Gasteiger partial charge on any atom is 0.236 e. The largest absolute Gasteiger partial charge is 0.385 e. The summed E-state index contributed by atoms with van der Waals surface area (Å²) in [4.78, 5) is 13.0. The van der Waals surface area contributed by atoms with E-state index in [0.29, 0.717) is 29.2 Å². The van der Waals surface area contributed by atoms with Crippen LogP contribution in [-0.4, -0.2) is 46.3 Å². The maximum absolute atomic E-state index is 13.0. The first-order valence-corrected chi connectivity index (χ1v) is 10.9. The molecule has 0 aliphatic carbocycles. The number of hydrogen-bond donors (Lipinski definition) is 2. The van der Waals surface area contributed by atoms with Crippen LogP contribution in [0.15, 0.2) is 59.8 Å². The number of ether oxygens (including phenoxy) is 1. The van der Waals surface area contributed by atoms with Crippen molar-refractivity contribution in [3.63, 3.8) is 0 Å². The summed E-state index contributed by atoms with van der Waals surface area (Å²) < 4.78 is 6.91. The Balaban J connectivity index is 1.64. The molecular weight excluding hydrogens is 422 g/mol. The van der Waals surface area contributed by atoms with Gasteiger partial charge in [0.15, 0.2) is 5.82 Å². The predicted octanol–water partition coefficient (Wildman–Crippen LogP) is 3.51. The first kappa shape index (κ1) is 20.7. The van der Waals surface area contributed by atoms with Crippen molar-refractivity contribution < 1.29 is 9.53 Å².